The van der Waals surface area contributed by atoms with Crippen LogP contribution in [0.2, 0.25) is 0 Å². The van der Waals surface area contributed by atoms with Gasteiger partial charge in [0.25, 0.3) is 0 Å². The summed E-state index contributed by atoms with van der Waals surface area (Å²) in [5.41, 5.74) is 0. The number of piperidine rings is 1. The third kappa shape index (κ3) is 2.60. The van der Waals surface area contributed by atoms with Crippen molar-refractivity contribution in [3.8, 4) is 0 Å². The molecule has 2 atom stereocenters. The lowest BCUT2D eigenvalue weighted by Gasteiger charge is -2.35. The quantitative estimate of drug-likeness (QED) is 0.923. The van der Waals surface area contributed by atoms with Crippen molar-refractivity contribution in [3.63, 3.8) is 0 Å². The van der Waals surface area contributed by atoms with Gasteiger partial charge >= 0.3 is 5.97 Å². The number of hydrogen-bond acceptors (Lipinski definition) is 4. The van der Waals surface area contributed by atoms with Crippen LogP contribution < -0.4 is 0 Å². The van der Waals surface area contributed by atoms with Crippen molar-refractivity contribution in [3.05, 3.63) is 17.6 Å². The van der Waals surface area contributed by atoms with Gasteiger partial charge in [-0.3, -0.25) is 0 Å². The van der Waals surface area contributed by atoms with Gasteiger partial charge in [-0.25, -0.2) is 13.2 Å². The smallest absolute Gasteiger partial charge is 0.371 e. The van der Waals surface area contributed by atoms with E-state index >= 15 is 0 Å². The van der Waals surface area contributed by atoms with Crippen molar-refractivity contribution in [2.75, 3.05) is 6.54 Å². The molecule has 0 spiro atoms. The van der Waals surface area contributed by atoms with Gasteiger partial charge in [-0.05, 0) is 32.6 Å². The Morgan fingerprint density at radius 3 is 2.60 bits per heavy atom. The van der Waals surface area contributed by atoms with Gasteiger partial charge in [-0.15, -0.1) is 0 Å². The van der Waals surface area contributed by atoms with E-state index < -0.39 is 16.0 Å². The lowest BCUT2D eigenvalue weighted by atomic mass is 9.95. The fourth-order valence-electron chi connectivity index (χ4n) is 2.70. The molecule has 1 aromatic heterocycles. The Hall–Kier alpha value is -1.34. The lowest BCUT2D eigenvalue weighted by Crippen LogP contribution is -2.44. The molecular formula is C13H19NO5S. The third-order valence-electron chi connectivity index (χ3n) is 3.75. The Kier molecular flexibility index (Phi) is 3.93. The molecule has 0 aromatic carbocycles. The van der Waals surface area contributed by atoms with Crippen molar-refractivity contribution >= 4 is 16.0 Å². The molecular weight excluding hydrogens is 282 g/mol. The third-order valence-corrected chi connectivity index (χ3v) is 5.87. The SMILES string of the molecule is Cc1oc(C(=O)O)cc1S(=O)(=O)N1CCC(C)CC1C. The van der Waals surface area contributed by atoms with E-state index in [9.17, 15) is 13.2 Å². The molecule has 0 bridgehead atoms. The molecule has 1 saturated heterocycles. The molecule has 112 valence electrons. The van der Waals surface area contributed by atoms with Crippen LogP contribution in [0.25, 0.3) is 0 Å². The second-order valence-electron chi connectivity index (χ2n) is 5.43. The number of aromatic carboxylic acids is 1. The van der Waals surface area contributed by atoms with Gasteiger partial charge in [-0.1, -0.05) is 6.92 Å². The summed E-state index contributed by atoms with van der Waals surface area (Å²) in [5.74, 6) is -1.00. The molecule has 1 N–H and O–H groups in total. The zero-order valence-corrected chi connectivity index (χ0v) is 12.6. The first-order valence-corrected chi connectivity index (χ1v) is 8.03. The fraction of sp³-hybridized carbons (Fsp3) is 0.615. The van der Waals surface area contributed by atoms with Crippen LogP contribution in [-0.4, -0.2) is 36.4 Å². The highest BCUT2D eigenvalue weighted by Crippen LogP contribution is 2.30. The summed E-state index contributed by atoms with van der Waals surface area (Å²) in [5, 5.41) is 8.88. The number of furan rings is 1. The van der Waals surface area contributed by atoms with Crippen LogP contribution in [0.4, 0.5) is 0 Å². The first-order chi connectivity index (χ1) is 9.23. The molecule has 0 aliphatic carbocycles. The van der Waals surface area contributed by atoms with Crippen molar-refractivity contribution in [1.82, 2.24) is 4.31 Å². The molecule has 1 fully saturated rings. The minimum Gasteiger partial charge on any atom is -0.475 e. The highest BCUT2D eigenvalue weighted by molar-refractivity contribution is 7.89. The monoisotopic (exact) mass is 301 g/mol. The summed E-state index contributed by atoms with van der Waals surface area (Å²) in [4.78, 5) is 10.8. The first-order valence-electron chi connectivity index (χ1n) is 6.59. The average Bonchev–Trinajstić information content (AvgIpc) is 2.71. The van der Waals surface area contributed by atoms with Crippen molar-refractivity contribution in [2.45, 2.75) is 44.6 Å². The molecule has 2 unspecified atom stereocenters. The van der Waals surface area contributed by atoms with E-state index in [0.717, 1.165) is 18.9 Å². The van der Waals surface area contributed by atoms with Gasteiger partial charge in [-0.2, -0.15) is 4.31 Å². The zero-order chi connectivity index (χ0) is 15.1. The second-order valence-corrected chi connectivity index (χ2v) is 7.29. The number of rotatable bonds is 3. The summed E-state index contributed by atoms with van der Waals surface area (Å²) < 4.78 is 31.7. The van der Waals surface area contributed by atoms with E-state index in [4.69, 9.17) is 9.52 Å². The Labute approximate surface area is 118 Å². The van der Waals surface area contributed by atoms with Gasteiger partial charge in [0.2, 0.25) is 15.8 Å². The number of hydrogen-bond donors (Lipinski definition) is 1. The van der Waals surface area contributed by atoms with Gasteiger partial charge < -0.3 is 9.52 Å². The van der Waals surface area contributed by atoms with Crippen LogP contribution in [0.1, 0.15) is 43.0 Å². The number of carboxylic acid groups (broad SMARTS) is 1. The topological polar surface area (TPSA) is 87.8 Å². The maximum absolute atomic E-state index is 12.6. The molecule has 7 heteroatoms. The highest BCUT2D eigenvalue weighted by Gasteiger charge is 2.35. The Morgan fingerprint density at radius 2 is 2.10 bits per heavy atom. The predicted molar refractivity (Wildman–Crippen MR) is 72.2 cm³/mol. The Bertz CT molecular complexity index is 619. The summed E-state index contributed by atoms with van der Waals surface area (Å²) in [6.45, 7) is 5.90. The summed E-state index contributed by atoms with van der Waals surface area (Å²) in [6, 6.07) is 1.00. The first kappa shape index (κ1) is 15.1. The van der Waals surface area contributed by atoms with Crippen LogP contribution in [0, 0.1) is 12.8 Å². The Balaban J connectivity index is 2.37. The van der Waals surface area contributed by atoms with Crippen LogP contribution in [-0.2, 0) is 10.0 Å². The summed E-state index contributed by atoms with van der Waals surface area (Å²) in [6.07, 6.45) is 1.62. The largest absolute Gasteiger partial charge is 0.475 e. The molecule has 0 radical (unpaired) electrons. The van der Waals surface area contributed by atoms with Crippen molar-refractivity contribution in [2.24, 2.45) is 5.92 Å². The number of nitrogens with zero attached hydrogens (tertiary/aromatic N) is 1. The maximum atomic E-state index is 12.6. The molecule has 2 heterocycles. The minimum atomic E-state index is -3.70. The normalized spacial score (nSPS) is 24.8. The zero-order valence-electron chi connectivity index (χ0n) is 11.8. The van der Waals surface area contributed by atoms with Gasteiger partial charge in [0, 0.05) is 18.7 Å². The number of sulfonamides is 1. The molecule has 6 nitrogen and oxygen atoms in total. The highest BCUT2D eigenvalue weighted by atomic mass is 32.2. The minimum absolute atomic E-state index is 0.0451. The standard InChI is InChI=1S/C13H19NO5S/c1-8-4-5-14(9(2)6-8)20(17,18)12-7-11(13(15)16)19-10(12)3/h7-9H,4-6H2,1-3H3,(H,15,16). The van der Waals surface area contributed by atoms with Gasteiger partial charge in [0.05, 0.1) is 0 Å². The van der Waals surface area contributed by atoms with E-state index in [1.54, 1.807) is 0 Å². The van der Waals surface area contributed by atoms with Crippen molar-refractivity contribution in [1.29, 1.82) is 0 Å². The molecule has 20 heavy (non-hydrogen) atoms. The lowest BCUT2D eigenvalue weighted by molar-refractivity contribution is 0.0661. The van der Waals surface area contributed by atoms with Gasteiger partial charge in [0.15, 0.2) is 0 Å². The second kappa shape index (κ2) is 5.21. The van der Waals surface area contributed by atoms with Crippen LogP contribution >= 0.6 is 0 Å². The van der Waals surface area contributed by atoms with E-state index in [2.05, 4.69) is 6.92 Å². The van der Waals surface area contributed by atoms with E-state index in [-0.39, 0.29) is 22.5 Å². The van der Waals surface area contributed by atoms with Crippen LogP contribution in [0.5, 0.6) is 0 Å². The van der Waals surface area contributed by atoms with Crippen LogP contribution in [0.3, 0.4) is 0 Å². The predicted octanol–water partition coefficient (Wildman–Crippen LogP) is 2.10. The summed E-state index contributed by atoms with van der Waals surface area (Å²) >= 11 is 0. The van der Waals surface area contributed by atoms with E-state index in [0.29, 0.717) is 12.5 Å². The molecule has 1 aromatic rings. The maximum Gasteiger partial charge on any atom is 0.371 e. The van der Waals surface area contributed by atoms with Crippen molar-refractivity contribution < 1.29 is 22.7 Å². The molecule has 0 saturated carbocycles. The number of carboxylic acids is 1. The number of carbonyl (C=O) groups is 1. The van der Waals surface area contributed by atoms with Crippen LogP contribution in [0.15, 0.2) is 15.4 Å². The molecule has 2 rings (SSSR count). The van der Waals surface area contributed by atoms with E-state index in [1.807, 2.05) is 6.92 Å². The van der Waals surface area contributed by atoms with E-state index in [1.165, 1.54) is 11.2 Å². The fourth-order valence-corrected chi connectivity index (χ4v) is 4.52. The molecule has 1 aliphatic heterocycles. The van der Waals surface area contributed by atoms with Gasteiger partial charge in [0.1, 0.15) is 10.7 Å². The molecule has 0 amide bonds. The molecule has 1 aliphatic rings. The number of aryl methyl sites for hydroxylation is 1. The summed E-state index contributed by atoms with van der Waals surface area (Å²) in [7, 11) is -3.70. The Morgan fingerprint density at radius 1 is 1.45 bits per heavy atom. The average molecular weight is 301 g/mol.